The second-order valence-corrected chi connectivity index (χ2v) is 9.70. The highest BCUT2D eigenvalue weighted by molar-refractivity contribution is 7.91. The first-order valence-corrected chi connectivity index (χ1v) is 11.6. The van der Waals surface area contributed by atoms with Gasteiger partial charge in [-0.2, -0.15) is 0 Å². The number of fused-ring (bicyclic) bond motifs is 1. The van der Waals surface area contributed by atoms with Crippen molar-refractivity contribution in [1.29, 1.82) is 0 Å². The number of hydrogen-bond acceptors (Lipinski definition) is 5. The number of pyridine rings is 1. The summed E-state index contributed by atoms with van der Waals surface area (Å²) in [6.07, 6.45) is 2.41. The van der Waals surface area contributed by atoms with Crippen LogP contribution in [0.25, 0.3) is 10.9 Å². The maximum Gasteiger partial charge on any atom is 0.210 e. The van der Waals surface area contributed by atoms with Crippen LogP contribution >= 0.6 is 0 Å². The first-order chi connectivity index (χ1) is 13.9. The van der Waals surface area contributed by atoms with Gasteiger partial charge >= 0.3 is 0 Å². The number of sulfone groups is 1. The summed E-state index contributed by atoms with van der Waals surface area (Å²) in [6.45, 7) is 7.48. The summed E-state index contributed by atoms with van der Waals surface area (Å²) in [5, 5.41) is 0.904. The summed E-state index contributed by atoms with van der Waals surface area (Å²) in [7, 11) is -1.58. The summed E-state index contributed by atoms with van der Waals surface area (Å²) in [5.41, 5.74) is 3.82. The Bertz CT molecular complexity index is 1130. The zero-order chi connectivity index (χ0) is 20.6. The van der Waals surface area contributed by atoms with Crippen molar-refractivity contribution >= 4 is 26.4 Å². The van der Waals surface area contributed by atoms with E-state index in [-0.39, 0.29) is 0 Å². The zero-order valence-corrected chi connectivity index (χ0v) is 18.0. The molecule has 1 saturated heterocycles. The molecule has 6 heteroatoms. The Morgan fingerprint density at radius 3 is 2.34 bits per heavy atom. The number of piperazine rings is 1. The van der Waals surface area contributed by atoms with Crippen molar-refractivity contribution in [3.8, 4) is 0 Å². The molecule has 1 aliphatic rings. The van der Waals surface area contributed by atoms with Gasteiger partial charge in [-0.1, -0.05) is 30.7 Å². The normalized spacial score (nSPS) is 15.8. The summed E-state index contributed by atoms with van der Waals surface area (Å²) >= 11 is 0. The molecule has 1 aliphatic heterocycles. The lowest BCUT2D eigenvalue weighted by Crippen LogP contribution is -2.45. The third-order valence-electron chi connectivity index (χ3n) is 5.71. The van der Waals surface area contributed by atoms with E-state index in [2.05, 4.69) is 34.8 Å². The van der Waals surface area contributed by atoms with Crippen molar-refractivity contribution in [2.75, 3.05) is 38.1 Å². The van der Waals surface area contributed by atoms with Gasteiger partial charge in [-0.15, -0.1) is 0 Å². The molecule has 0 radical (unpaired) electrons. The van der Waals surface area contributed by atoms with Gasteiger partial charge in [0.2, 0.25) is 9.84 Å². The Morgan fingerprint density at radius 1 is 1.00 bits per heavy atom. The van der Waals surface area contributed by atoms with Crippen molar-refractivity contribution in [2.45, 2.75) is 30.1 Å². The van der Waals surface area contributed by atoms with E-state index in [4.69, 9.17) is 0 Å². The predicted molar refractivity (Wildman–Crippen MR) is 117 cm³/mol. The van der Waals surface area contributed by atoms with E-state index in [0.29, 0.717) is 9.79 Å². The minimum atomic E-state index is -3.68. The largest absolute Gasteiger partial charge is 0.367 e. The average Bonchev–Trinajstić information content (AvgIpc) is 2.73. The molecule has 3 aromatic rings. The van der Waals surface area contributed by atoms with E-state index < -0.39 is 9.84 Å². The Balaban J connectivity index is 1.92. The van der Waals surface area contributed by atoms with Crippen molar-refractivity contribution < 1.29 is 8.42 Å². The van der Waals surface area contributed by atoms with Crippen LogP contribution in [0.4, 0.5) is 5.69 Å². The minimum absolute atomic E-state index is 0.296. The van der Waals surface area contributed by atoms with Gasteiger partial charge in [0.25, 0.3) is 0 Å². The van der Waals surface area contributed by atoms with Crippen molar-refractivity contribution in [3.63, 3.8) is 0 Å². The predicted octanol–water partition coefficient (Wildman–Crippen LogP) is 3.69. The number of anilines is 1. The molecule has 0 saturated carbocycles. The number of aromatic nitrogens is 1. The van der Waals surface area contributed by atoms with E-state index in [9.17, 15) is 8.42 Å². The molecule has 29 heavy (non-hydrogen) atoms. The molecule has 0 bridgehead atoms. The Kier molecular flexibility index (Phi) is 5.32. The lowest BCUT2D eigenvalue weighted by molar-refractivity contribution is 0.312. The van der Waals surface area contributed by atoms with Gasteiger partial charge in [0, 0.05) is 37.8 Å². The fourth-order valence-electron chi connectivity index (χ4n) is 3.86. The van der Waals surface area contributed by atoms with Gasteiger partial charge < -0.3 is 9.80 Å². The molecule has 5 nitrogen and oxygen atoms in total. The molecule has 1 fully saturated rings. The standard InChI is InChI=1S/C23H27N3O2S/c1-4-18-6-8-19(9-7-18)29(27,28)22-16-24-21-10-5-17(2)15-20(21)23(22)26-13-11-25(3)12-14-26/h5-10,15-16H,4,11-14H2,1-3H3. The van der Waals surface area contributed by atoms with Crippen LogP contribution in [0.5, 0.6) is 0 Å². The highest BCUT2D eigenvalue weighted by Gasteiger charge is 2.28. The fourth-order valence-corrected chi connectivity index (χ4v) is 5.29. The lowest BCUT2D eigenvalue weighted by atomic mass is 10.1. The molecule has 4 rings (SSSR count). The van der Waals surface area contributed by atoms with E-state index in [0.717, 1.165) is 60.3 Å². The first-order valence-electron chi connectivity index (χ1n) is 10.1. The van der Waals surface area contributed by atoms with E-state index in [1.54, 1.807) is 12.1 Å². The van der Waals surface area contributed by atoms with Crippen molar-refractivity contribution in [1.82, 2.24) is 9.88 Å². The average molecular weight is 410 g/mol. The summed E-state index contributed by atoms with van der Waals surface area (Å²) in [4.78, 5) is 9.59. The SMILES string of the molecule is CCc1ccc(S(=O)(=O)c2cnc3ccc(C)cc3c2N2CCN(C)CC2)cc1. The molecular weight excluding hydrogens is 382 g/mol. The van der Waals surface area contributed by atoms with Crippen LogP contribution < -0.4 is 4.90 Å². The maximum absolute atomic E-state index is 13.6. The number of hydrogen-bond donors (Lipinski definition) is 0. The van der Waals surface area contributed by atoms with E-state index >= 15 is 0 Å². The molecule has 0 aliphatic carbocycles. The topological polar surface area (TPSA) is 53.5 Å². The summed E-state index contributed by atoms with van der Waals surface area (Å²) < 4.78 is 27.2. The van der Waals surface area contributed by atoms with Gasteiger partial charge in [0.05, 0.1) is 16.1 Å². The van der Waals surface area contributed by atoms with Crippen LogP contribution in [-0.2, 0) is 16.3 Å². The molecule has 0 N–H and O–H groups in total. The molecule has 1 aromatic heterocycles. The van der Waals surface area contributed by atoms with Crippen LogP contribution in [-0.4, -0.2) is 51.5 Å². The molecule has 0 amide bonds. The number of rotatable bonds is 4. The van der Waals surface area contributed by atoms with Crippen LogP contribution in [0, 0.1) is 6.92 Å². The Morgan fingerprint density at radius 2 is 1.69 bits per heavy atom. The molecule has 152 valence electrons. The highest BCUT2D eigenvalue weighted by Crippen LogP contribution is 2.36. The van der Waals surface area contributed by atoms with Gasteiger partial charge in [-0.05, 0) is 50.2 Å². The third kappa shape index (κ3) is 3.74. The number of nitrogens with zero attached hydrogens (tertiary/aromatic N) is 3. The van der Waals surface area contributed by atoms with Gasteiger partial charge in [-0.3, -0.25) is 4.98 Å². The highest BCUT2D eigenvalue weighted by atomic mass is 32.2. The quantitative estimate of drug-likeness (QED) is 0.658. The van der Waals surface area contributed by atoms with Gasteiger partial charge in [0.1, 0.15) is 4.90 Å². The lowest BCUT2D eigenvalue weighted by Gasteiger charge is -2.35. The van der Waals surface area contributed by atoms with Crippen LogP contribution in [0.15, 0.2) is 58.5 Å². The summed E-state index contributed by atoms with van der Waals surface area (Å²) in [5.74, 6) is 0. The maximum atomic E-state index is 13.6. The smallest absolute Gasteiger partial charge is 0.210 e. The van der Waals surface area contributed by atoms with Gasteiger partial charge in [0.15, 0.2) is 0 Å². The fraction of sp³-hybridized carbons (Fsp3) is 0.348. The first kappa shape index (κ1) is 19.9. The van der Waals surface area contributed by atoms with Crippen LogP contribution in [0.2, 0.25) is 0 Å². The number of benzene rings is 2. The second-order valence-electron chi connectivity index (χ2n) is 7.78. The number of aryl methyl sites for hydroxylation is 2. The molecular formula is C23H27N3O2S. The molecule has 0 unspecified atom stereocenters. The second kappa shape index (κ2) is 7.76. The van der Waals surface area contributed by atoms with Gasteiger partial charge in [-0.25, -0.2) is 8.42 Å². The van der Waals surface area contributed by atoms with Crippen LogP contribution in [0.3, 0.4) is 0 Å². The number of likely N-dealkylation sites (N-methyl/N-ethyl adjacent to an activating group) is 1. The summed E-state index contributed by atoms with van der Waals surface area (Å²) in [6, 6.07) is 13.2. The third-order valence-corrected chi connectivity index (χ3v) is 7.48. The zero-order valence-electron chi connectivity index (χ0n) is 17.2. The molecule has 0 atom stereocenters. The molecule has 2 aromatic carbocycles. The van der Waals surface area contributed by atoms with E-state index in [1.165, 1.54) is 6.20 Å². The van der Waals surface area contributed by atoms with Crippen molar-refractivity contribution in [3.05, 3.63) is 59.8 Å². The molecule has 0 spiro atoms. The van der Waals surface area contributed by atoms with Crippen LogP contribution in [0.1, 0.15) is 18.1 Å². The Hall–Kier alpha value is -2.44. The molecule has 2 heterocycles. The minimum Gasteiger partial charge on any atom is -0.367 e. The van der Waals surface area contributed by atoms with Crippen molar-refractivity contribution in [2.24, 2.45) is 0 Å². The monoisotopic (exact) mass is 409 g/mol. The van der Waals surface area contributed by atoms with E-state index in [1.807, 2.05) is 31.2 Å². The Labute approximate surface area is 172 Å².